The minimum absolute atomic E-state index is 0.0480. The maximum absolute atomic E-state index is 11.5. The average molecular weight is 244 g/mol. The number of rotatable bonds is 5. The van der Waals surface area contributed by atoms with Crippen LogP contribution < -0.4 is 5.32 Å². The van der Waals surface area contributed by atoms with Crippen LogP contribution in [0.1, 0.15) is 20.8 Å². The summed E-state index contributed by atoms with van der Waals surface area (Å²) in [6.45, 7) is 11.0. The molecule has 5 heteroatoms. The van der Waals surface area contributed by atoms with Crippen molar-refractivity contribution in [1.29, 1.82) is 0 Å². The van der Waals surface area contributed by atoms with Gasteiger partial charge in [0.2, 0.25) is 5.91 Å². The van der Waals surface area contributed by atoms with Gasteiger partial charge in [-0.25, -0.2) is 0 Å². The summed E-state index contributed by atoms with van der Waals surface area (Å²) < 4.78 is 10.6. The molecule has 0 spiro atoms. The van der Waals surface area contributed by atoms with Crippen LogP contribution in [0.4, 0.5) is 0 Å². The molecule has 1 fully saturated rings. The van der Waals surface area contributed by atoms with E-state index in [4.69, 9.17) is 9.47 Å². The molecule has 0 aromatic rings. The molecule has 5 nitrogen and oxygen atoms in total. The van der Waals surface area contributed by atoms with Crippen LogP contribution in [0.25, 0.3) is 0 Å². The highest BCUT2D eigenvalue weighted by molar-refractivity contribution is 5.77. The number of nitrogens with zero attached hydrogens (tertiary/aromatic N) is 1. The first kappa shape index (κ1) is 14.4. The highest BCUT2D eigenvalue weighted by atomic mass is 16.5. The van der Waals surface area contributed by atoms with Gasteiger partial charge in [0.15, 0.2) is 0 Å². The topological polar surface area (TPSA) is 50.8 Å². The molecule has 1 aliphatic rings. The lowest BCUT2D eigenvalue weighted by Gasteiger charge is -2.26. The quantitative estimate of drug-likeness (QED) is 0.753. The maximum Gasteiger partial charge on any atom is 0.246 e. The summed E-state index contributed by atoms with van der Waals surface area (Å²) >= 11 is 0. The van der Waals surface area contributed by atoms with Crippen molar-refractivity contribution in [1.82, 2.24) is 10.2 Å². The van der Waals surface area contributed by atoms with Gasteiger partial charge in [0.1, 0.15) is 6.61 Å². The third-order valence-corrected chi connectivity index (χ3v) is 2.49. The number of ether oxygens (including phenoxy) is 2. The van der Waals surface area contributed by atoms with Gasteiger partial charge in [-0.05, 0) is 20.8 Å². The van der Waals surface area contributed by atoms with Gasteiger partial charge >= 0.3 is 0 Å². The van der Waals surface area contributed by atoms with E-state index < -0.39 is 0 Å². The van der Waals surface area contributed by atoms with Crippen molar-refractivity contribution in [3.63, 3.8) is 0 Å². The fraction of sp³-hybridized carbons (Fsp3) is 0.917. The zero-order valence-corrected chi connectivity index (χ0v) is 11.1. The Labute approximate surface area is 103 Å². The van der Waals surface area contributed by atoms with Crippen LogP contribution in [0, 0.1) is 0 Å². The molecule has 17 heavy (non-hydrogen) atoms. The number of nitrogens with one attached hydrogen (secondary N) is 1. The van der Waals surface area contributed by atoms with E-state index in [9.17, 15) is 4.79 Å². The van der Waals surface area contributed by atoms with Gasteiger partial charge in [-0.1, -0.05) is 0 Å². The SMILES string of the molecule is CC(C)(C)OCC(=O)NCCN1CCOCC1. The van der Waals surface area contributed by atoms with Crippen molar-refractivity contribution in [2.75, 3.05) is 46.0 Å². The standard InChI is InChI=1S/C12H24N2O3/c1-12(2,3)17-10-11(15)13-4-5-14-6-8-16-9-7-14/h4-10H2,1-3H3,(H,13,15). The lowest BCUT2D eigenvalue weighted by Crippen LogP contribution is -2.42. The molecule has 0 radical (unpaired) electrons. The molecule has 1 rings (SSSR count). The Morgan fingerprint density at radius 1 is 1.35 bits per heavy atom. The Morgan fingerprint density at radius 3 is 2.59 bits per heavy atom. The summed E-state index contributed by atoms with van der Waals surface area (Å²) in [5, 5.41) is 2.86. The van der Waals surface area contributed by atoms with E-state index in [-0.39, 0.29) is 18.1 Å². The van der Waals surface area contributed by atoms with E-state index >= 15 is 0 Å². The van der Waals surface area contributed by atoms with E-state index in [2.05, 4.69) is 10.2 Å². The molecule has 0 aliphatic carbocycles. The third kappa shape index (κ3) is 7.31. The molecule has 1 aliphatic heterocycles. The summed E-state index contributed by atoms with van der Waals surface area (Å²) in [6, 6.07) is 0. The van der Waals surface area contributed by atoms with Gasteiger partial charge in [0.05, 0.1) is 18.8 Å². The van der Waals surface area contributed by atoms with E-state index in [1.54, 1.807) is 0 Å². The number of carbonyl (C=O) groups is 1. The summed E-state index contributed by atoms with van der Waals surface area (Å²) in [7, 11) is 0. The molecule has 100 valence electrons. The first-order chi connectivity index (χ1) is 7.97. The highest BCUT2D eigenvalue weighted by Crippen LogP contribution is 2.05. The smallest absolute Gasteiger partial charge is 0.246 e. The Kier molecular flexibility index (Phi) is 5.88. The molecular weight excluding hydrogens is 220 g/mol. The van der Waals surface area contributed by atoms with Crippen molar-refractivity contribution in [2.45, 2.75) is 26.4 Å². The van der Waals surface area contributed by atoms with E-state index in [1.165, 1.54) is 0 Å². The van der Waals surface area contributed by atoms with E-state index in [0.717, 1.165) is 32.8 Å². The fourth-order valence-corrected chi connectivity index (χ4v) is 1.51. The molecule has 1 N–H and O–H groups in total. The van der Waals surface area contributed by atoms with Crippen LogP contribution in [0.3, 0.4) is 0 Å². The fourth-order valence-electron chi connectivity index (χ4n) is 1.51. The van der Waals surface area contributed by atoms with E-state index in [0.29, 0.717) is 6.54 Å². The second-order valence-electron chi connectivity index (χ2n) is 5.21. The summed E-state index contributed by atoms with van der Waals surface area (Å²) in [5.41, 5.74) is -0.262. The number of morpholine rings is 1. The van der Waals surface area contributed by atoms with Gasteiger partial charge in [-0.3, -0.25) is 9.69 Å². The van der Waals surface area contributed by atoms with Crippen molar-refractivity contribution in [3.8, 4) is 0 Å². The van der Waals surface area contributed by atoms with Crippen LogP contribution >= 0.6 is 0 Å². The summed E-state index contributed by atoms with van der Waals surface area (Å²) in [5.74, 6) is -0.0480. The lowest BCUT2D eigenvalue weighted by atomic mass is 10.2. The normalized spacial score (nSPS) is 18.1. The highest BCUT2D eigenvalue weighted by Gasteiger charge is 2.13. The van der Waals surface area contributed by atoms with Crippen molar-refractivity contribution < 1.29 is 14.3 Å². The predicted octanol–water partition coefficient (Wildman–Crippen LogP) is 0.250. The second kappa shape index (κ2) is 6.93. The van der Waals surface area contributed by atoms with Crippen molar-refractivity contribution in [3.05, 3.63) is 0 Å². The maximum atomic E-state index is 11.5. The first-order valence-electron chi connectivity index (χ1n) is 6.18. The zero-order chi connectivity index (χ0) is 12.7. The lowest BCUT2D eigenvalue weighted by molar-refractivity contribution is -0.130. The molecule has 1 heterocycles. The Hall–Kier alpha value is -0.650. The minimum Gasteiger partial charge on any atom is -0.379 e. The van der Waals surface area contributed by atoms with Gasteiger partial charge in [-0.15, -0.1) is 0 Å². The number of hydrogen-bond donors (Lipinski definition) is 1. The second-order valence-corrected chi connectivity index (χ2v) is 5.21. The largest absolute Gasteiger partial charge is 0.379 e. The van der Waals surface area contributed by atoms with Crippen LogP contribution in [-0.2, 0) is 14.3 Å². The average Bonchev–Trinajstić information content (AvgIpc) is 2.27. The van der Waals surface area contributed by atoms with Gasteiger partial charge in [0, 0.05) is 26.2 Å². The Morgan fingerprint density at radius 2 is 2.00 bits per heavy atom. The van der Waals surface area contributed by atoms with E-state index in [1.807, 2.05) is 20.8 Å². The van der Waals surface area contributed by atoms with Crippen LogP contribution in [0.2, 0.25) is 0 Å². The van der Waals surface area contributed by atoms with Crippen molar-refractivity contribution >= 4 is 5.91 Å². The molecular formula is C12H24N2O3. The molecule has 0 unspecified atom stereocenters. The monoisotopic (exact) mass is 244 g/mol. The van der Waals surface area contributed by atoms with Gasteiger partial charge < -0.3 is 14.8 Å². The third-order valence-electron chi connectivity index (χ3n) is 2.49. The Bertz CT molecular complexity index is 232. The van der Waals surface area contributed by atoms with Crippen molar-refractivity contribution in [2.24, 2.45) is 0 Å². The number of hydrogen-bond acceptors (Lipinski definition) is 4. The predicted molar refractivity (Wildman–Crippen MR) is 66.0 cm³/mol. The molecule has 1 amide bonds. The Balaban J connectivity index is 2.03. The molecule has 0 atom stereocenters. The van der Waals surface area contributed by atoms with Gasteiger partial charge in [0.25, 0.3) is 0 Å². The number of amides is 1. The molecule has 0 bridgehead atoms. The molecule has 0 aromatic heterocycles. The van der Waals surface area contributed by atoms with Crippen LogP contribution in [-0.4, -0.2) is 62.4 Å². The number of carbonyl (C=O) groups excluding carboxylic acids is 1. The molecule has 0 aromatic carbocycles. The summed E-state index contributed by atoms with van der Waals surface area (Å²) in [6.07, 6.45) is 0. The van der Waals surface area contributed by atoms with Gasteiger partial charge in [-0.2, -0.15) is 0 Å². The summed E-state index contributed by atoms with van der Waals surface area (Å²) in [4.78, 5) is 13.7. The zero-order valence-electron chi connectivity index (χ0n) is 11.1. The van der Waals surface area contributed by atoms with Crippen LogP contribution in [0.15, 0.2) is 0 Å². The molecule has 0 saturated carbocycles. The minimum atomic E-state index is -0.262. The molecule has 1 saturated heterocycles. The first-order valence-corrected chi connectivity index (χ1v) is 6.18. The van der Waals surface area contributed by atoms with Crippen LogP contribution in [0.5, 0.6) is 0 Å².